The van der Waals surface area contributed by atoms with Gasteiger partial charge in [0.1, 0.15) is 24.5 Å². The minimum atomic E-state index is -3.51. The number of carbonyl (C=O) groups excluding carboxylic acids is 2. The molecule has 11 heteroatoms. The number of thioether (sulfide) groups is 1. The predicted octanol–water partition coefficient (Wildman–Crippen LogP) is 4.32. The summed E-state index contributed by atoms with van der Waals surface area (Å²) < 4.78 is 42.6. The molecule has 0 saturated carbocycles. The van der Waals surface area contributed by atoms with Gasteiger partial charge in [0.05, 0.1) is 19.4 Å². The van der Waals surface area contributed by atoms with Crippen molar-refractivity contribution in [3.63, 3.8) is 0 Å². The molecule has 1 fully saturated rings. The molecule has 2 aromatic carbocycles. The minimum Gasteiger partial charge on any atom is -0.497 e. The highest BCUT2D eigenvalue weighted by atomic mass is 32.2. The number of para-hydroxylation sites is 1. The SMILES string of the molecule is COc1ccc(CS[C@@H]2C[C@@H](COC(=O)N(CC(=O)OC(C)(C)C)c3ccccc3)N(S(C)(=O)=O)C2)cc1. The Hall–Kier alpha value is -2.76. The quantitative estimate of drug-likeness (QED) is 0.393. The first-order valence-electron chi connectivity index (χ1n) is 12.3. The van der Waals surface area contributed by atoms with E-state index in [0.717, 1.165) is 23.3 Å². The Morgan fingerprint density at radius 2 is 1.74 bits per heavy atom. The van der Waals surface area contributed by atoms with Crippen LogP contribution >= 0.6 is 11.8 Å². The summed E-state index contributed by atoms with van der Waals surface area (Å²) in [5.74, 6) is 0.920. The fraction of sp³-hybridized carbons (Fsp3) is 0.481. The molecule has 0 bridgehead atoms. The van der Waals surface area contributed by atoms with Gasteiger partial charge in [-0.1, -0.05) is 30.3 Å². The van der Waals surface area contributed by atoms with Gasteiger partial charge in [-0.25, -0.2) is 13.2 Å². The van der Waals surface area contributed by atoms with Gasteiger partial charge in [0.15, 0.2) is 0 Å². The van der Waals surface area contributed by atoms with Crippen LogP contribution in [0.15, 0.2) is 54.6 Å². The lowest BCUT2D eigenvalue weighted by Crippen LogP contribution is -2.42. The molecule has 1 saturated heterocycles. The smallest absolute Gasteiger partial charge is 0.414 e. The Bertz CT molecular complexity index is 1180. The molecule has 1 aliphatic rings. The van der Waals surface area contributed by atoms with Crippen molar-refractivity contribution in [3.05, 3.63) is 60.2 Å². The molecule has 1 amide bonds. The summed E-state index contributed by atoms with van der Waals surface area (Å²) in [7, 11) is -1.90. The van der Waals surface area contributed by atoms with E-state index in [9.17, 15) is 18.0 Å². The van der Waals surface area contributed by atoms with E-state index in [0.29, 0.717) is 18.7 Å². The summed E-state index contributed by atoms with van der Waals surface area (Å²) in [6.45, 7) is 5.13. The highest BCUT2D eigenvalue weighted by Gasteiger charge is 2.39. The summed E-state index contributed by atoms with van der Waals surface area (Å²) >= 11 is 1.67. The Balaban J connectivity index is 1.65. The maximum Gasteiger partial charge on any atom is 0.414 e. The maximum atomic E-state index is 13.1. The zero-order valence-electron chi connectivity index (χ0n) is 22.5. The number of hydrogen-bond acceptors (Lipinski definition) is 8. The molecule has 2 atom stereocenters. The van der Waals surface area contributed by atoms with Crippen LogP contribution in [0.3, 0.4) is 0 Å². The lowest BCUT2D eigenvalue weighted by Gasteiger charge is -2.26. The fourth-order valence-corrected chi connectivity index (χ4v) is 6.56. The summed E-state index contributed by atoms with van der Waals surface area (Å²) in [5.41, 5.74) is 0.877. The molecular weight excluding hydrogens is 528 g/mol. The Morgan fingerprint density at radius 3 is 2.32 bits per heavy atom. The van der Waals surface area contributed by atoms with Crippen LogP contribution in [-0.2, 0) is 30.0 Å². The van der Waals surface area contributed by atoms with E-state index in [1.54, 1.807) is 70.0 Å². The van der Waals surface area contributed by atoms with Crippen molar-refractivity contribution in [1.82, 2.24) is 4.31 Å². The van der Waals surface area contributed by atoms with Gasteiger partial charge in [0, 0.05) is 23.2 Å². The third-order valence-corrected chi connectivity index (χ3v) is 8.40. The molecule has 0 spiro atoms. The van der Waals surface area contributed by atoms with E-state index in [1.807, 2.05) is 24.3 Å². The van der Waals surface area contributed by atoms with Crippen molar-refractivity contribution < 1.29 is 32.2 Å². The van der Waals surface area contributed by atoms with Crippen LogP contribution in [0.4, 0.5) is 10.5 Å². The van der Waals surface area contributed by atoms with Gasteiger partial charge in [-0.2, -0.15) is 16.1 Å². The standard InChI is InChI=1S/C27H36N2O7S2/c1-27(2,3)36-25(30)17-28(21-9-7-6-8-10-21)26(31)35-18-22-15-24(16-29(22)38(5,32)33)37-19-20-11-13-23(34-4)14-12-20/h6-14,22,24H,15-19H2,1-5H3/t22-,24+/m0/s1. The first kappa shape index (κ1) is 29.8. The molecule has 3 rings (SSSR count). The number of hydrogen-bond donors (Lipinski definition) is 0. The van der Waals surface area contributed by atoms with Gasteiger partial charge in [-0.05, 0) is 57.0 Å². The number of anilines is 1. The first-order valence-corrected chi connectivity index (χ1v) is 15.2. The van der Waals surface area contributed by atoms with Gasteiger partial charge in [0.25, 0.3) is 0 Å². The topological polar surface area (TPSA) is 102 Å². The van der Waals surface area contributed by atoms with Crippen molar-refractivity contribution in [3.8, 4) is 5.75 Å². The number of sulfonamides is 1. The van der Waals surface area contributed by atoms with Gasteiger partial charge in [-0.15, -0.1) is 0 Å². The van der Waals surface area contributed by atoms with Gasteiger partial charge in [0.2, 0.25) is 10.0 Å². The molecule has 9 nitrogen and oxygen atoms in total. The normalized spacial score (nSPS) is 18.1. The van der Waals surface area contributed by atoms with E-state index < -0.39 is 33.7 Å². The monoisotopic (exact) mass is 564 g/mol. The molecular formula is C27H36N2O7S2. The largest absolute Gasteiger partial charge is 0.497 e. The van der Waals surface area contributed by atoms with Crippen LogP contribution in [0.1, 0.15) is 32.8 Å². The summed E-state index contributed by atoms with van der Waals surface area (Å²) in [6.07, 6.45) is 0.959. The van der Waals surface area contributed by atoms with Crippen molar-refractivity contribution in [2.24, 2.45) is 0 Å². The highest BCUT2D eigenvalue weighted by Crippen LogP contribution is 2.32. The van der Waals surface area contributed by atoms with E-state index in [4.69, 9.17) is 14.2 Å². The number of nitrogens with zero attached hydrogens (tertiary/aromatic N) is 2. The maximum absolute atomic E-state index is 13.1. The third kappa shape index (κ3) is 8.92. The van der Waals surface area contributed by atoms with Gasteiger partial charge in [-0.3, -0.25) is 9.69 Å². The van der Waals surface area contributed by atoms with Gasteiger partial charge < -0.3 is 14.2 Å². The van der Waals surface area contributed by atoms with Crippen molar-refractivity contribution in [2.75, 3.05) is 38.0 Å². The van der Waals surface area contributed by atoms with Gasteiger partial charge >= 0.3 is 12.1 Å². The second-order valence-corrected chi connectivity index (χ2v) is 13.3. The Kier molecular flexibility index (Phi) is 10.1. The van der Waals surface area contributed by atoms with E-state index in [1.165, 1.54) is 9.21 Å². The van der Waals surface area contributed by atoms with Crippen LogP contribution in [-0.4, -0.2) is 74.7 Å². The highest BCUT2D eigenvalue weighted by molar-refractivity contribution is 7.99. The lowest BCUT2D eigenvalue weighted by atomic mass is 10.2. The fourth-order valence-electron chi connectivity index (χ4n) is 4.08. The third-order valence-electron chi connectivity index (χ3n) is 5.79. The van der Waals surface area contributed by atoms with E-state index in [2.05, 4.69) is 0 Å². The van der Waals surface area contributed by atoms with Crippen LogP contribution < -0.4 is 9.64 Å². The number of methoxy groups -OCH3 is 1. The van der Waals surface area contributed by atoms with Crippen molar-refractivity contribution in [1.29, 1.82) is 0 Å². The summed E-state index contributed by atoms with van der Waals surface area (Å²) in [6, 6.07) is 15.9. The van der Waals surface area contributed by atoms with Crippen molar-refractivity contribution in [2.45, 2.75) is 49.8 Å². The van der Waals surface area contributed by atoms with Crippen LogP contribution in [0, 0.1) is 0 Å². The Morgan fingerprint density at radius 1 is 1.08 bits per heavy atom. The molecule has 0 aromatic heterocycles. The number of benzene rings is 2. The number of rotatable bonds is 10. The number of esters is 1. The summed E-state index contributed by atoms with van der Waals surface area (Å²) in [5, 5.41) is 0.0440. The average Bonchev–Trinajstić information content (AvgIpc) is 3.28. The molecule has 0 N–H and O–H groups in total. The zero-order valence-corrected chi connectivity index (χ0v) is 24.1. The average molecular weight is 565 g/mol. The van der Waals surface area contributed by atoms with E-state index in [-0.39, 0.29) is 18.4 Å². The summed E-state index contributed by atoms with van der Waals surface area (Å²) in [4.78, 5) is 26.8. The molecule has 0 unspecified atom stereocenters. The van der Waals surface area contributed by atoms with Crippen LogP contribution in [0.5, 0.6) is 5.75 Å². The second kappa shape index (κ2) is 12.9. The zero-order chi connectivity index (χ0) is 27.9. The molecule has 1 aliphatic heterocycles. The number of carbonyl (C=O) groups is 2. The lowest BCUT2D eigenvalue weighted by molar-refractivity contribution is -0.152. The number of ether oxygens (including phenoxy) is 3. The molecule has 2 aromatic rings. The predicted molar refractivity (Wildman–Crippen MR) is 149 cm³/mol. The number of amides is 1. The molecule has 0 radical (unpaired) electrons. The van der Waals surface area contributed by atoms with E-state index >= 15 is 0 Å². The molecule has 38 heavy (non-hydrogen) atoms. The minimum absolute atomic E-state index is 0.0440. The second-order valence-electron chi connectivity index (χ2n) is 10.1. The molecule has 0 aliphatic carbocycles. The van der Waals surface area contributed by atoms with Crippen molar-refractivity contribution >= 4 is 39.5 Å². The van der Waals surface area contributed by atoms with Crippen LogP contribution in [0.25, 0.3) is 0 Å². The Labute approximate surface area is 229 Å². The van der Waals surface area contributed by atoms with Crippen LogP contribution in [0.2, 0.25) is 0 Å². The first-order chi connectivity index (χ1) is 17.9. The molecule has 1 heterocycles. The molecule has 208 valence electrons.